The van der Waals surface area contributed by atoms with Crippen LogP contribution in [0.15, 0.2) is 24.3 Å². The molecule has 0 unspecified atom stereocenters. The second-order valence-corrected chi connectivity index (χ2v) is 4.00. The number of benzene rings is 1. The molecule has 0 saturated carbocycles. The normalized spacial score (nSPS) is 10.0. The number of carbonyl (C=O) groups excluding carboxylic acids is 1. The summed E-state index contributed by atoms with van der Waals surface area (Å²) in [6.07, 6.45) is 1.38. The summed E-state index contributed by atoms with van der Waals surface area (Å²) in [6.45, 7) is 2.48. The fourth-order valence-electron chi connectivity index (χ4n) is 1.52. The molecule has 0 radical (unpaired) electrons. The van der Waals surface area contributed by atoms with Gasteiger partial charge in [-0.15, -0.1) is 0 Å². The van der Waals surface area contributed by atoms with Gasteiger partial charge in [-0.05, 0) is 24.1 Å². The number of aromatic carboxylic acids is 1. The third-order valence-corrected chi connectivity index (χ3v) is 2.51. The van der Waals surface area contributed by atoms with E-state index in [1.807, 2.05) is 6.92 Å². The Bertz CT molecular complexity index is 398. The fraction of sp³-hybridized carbons (Fsp3) is 0.385. The van der Waals surface area contributed by atoms with Crippen LogP contribution >= 0.6 is 0 Å². The van der Waals surface area contributed by atoms with Crippen molar-refractivity contribution in [3.05, 3.63) is 35.4 Å². The van der Waals surface area contributed by atoms with Crippen LogP contribution in [-0.4, -0.2) is 28.9 Å². The van der Waals surface area contributed by atoms with Crippen molar-refractivity contribution >= 4 is 11.9 Å². The van der Waals surface area contributed by atoms with Gasteiger partial charge >= 0.3 is 5.97 Å². The topological polar surface area (TPSA) is 57.6 Å². The van der Waals surface area contributed by atoms with Crippen molar-refractivity contribution < 1.29 is 14.7 Å². The first kappa shape index (κ1) is 13.2. The SMILES string of the molecule is CCCC(=O)N(C)Cc1ccc(C(=O)O)cc1. The summed E-state index contributed by atoms with van der Waals surface area (Å²) < 4.78 is 0. The Kier molecular flexibility index (Phi) is 4.69. The van der Waals surface area contributed by atoms with E-state index in [1.165, 1.54) is 0 Å². The molecule has 0 spiro atoms. The van der Waals surface area contributed by atoms with Crippen LogP contribution in [0.2, 0.25) is 0 Å². The molecule has 0 bridgehead atoms. The van der Waals surface area contributed by atoms with E-state index in [0.29, 0.717) is 13.0 Å². The first-order chi connectivity index (χ1) is 8.04. The van der Waals surface area contributed by atoms with Crippen LogP contribution in [-0.2, 0) is 11.3 Å². The standard InChI is InChI=1S/C13H17NO3/c1-3-4-12(15)14(2)9-10-5-7-11(8-6-10)13(16)17/h5-8H,3-4,9H2,1-2H3,(H,16,17). The number of amides is 1. The van der Waals surface area contributed by atoms with Crippen molar-refractivity contribution in [1.82, 2.24) is 4.90 Å². The lowest BCUT2D eigenvalue weighted by atomic mass is 10.1. The number of carboxylic acids is 1. The lowest BCUT2D eigenvalue weighted by molar-refractivity contribution is -0.130. The van der Waals surface area contributed by atoms with E-state index in [0.717, 1.165) is 12.0 Å². The number of hydrogen-bond donors (Lipinski definition) is 1. The highest BCUT2D eigenvalue weighted by Gasteiger charge is 2.08. The minimum absolute atomic E-state index is 0.106. The van der Waals surface area contributed by atoms with Crippen molar-refractivity contribution in [2.75, 3.05) is 7.05 Å². The molecule has 92 valence electrons. The predicted octanol–water partition coefficient (Wildman–Crippen LogP) is 2.14. The van der Waals surface area contributed by atoms with Crippen molar-refractivity contribution in [3.63, 3.8) is 0 Å². The van der Waals surface area contributed by atoms with Gasteiger partial charge in [0.15, 0.2) is 0 Å². The van der Waals surface area contributed by atoms with Crippen molar-refractivity contribution in [2.24, 2.45) is 0 Å². The van der Waals surface area contributed by atoms with Crippen LogP contribution in [0.25, 0.3) is 0 Å². The Hall–Kier alpha value is -1.84. The molecule has 1 aromatic rings. The predicted molar refractivity (Wildman–Crippen MR) is 64.8 cm³/mol. The monoisotopic (exact) mass is 235 g/mol. The minimum atomic E-state index is -0.938. The zero-order chi connectivity index (χ0) is 12.8. The lowest BCUT2D eigenvalue weighted by Crippen LogP contribution is -2.25. The highest BCUT2D eigenvalue weighted by Crippen LogP contribution is 2.08. The van der Waals surface area contributed by atoms with E-state index >= 15 is 0 Å². The second kappa shape index (κ2) is 6.03. The highest BCUT2D eigenvalue weighted by atomic mass is 16.4. The third-order valence-electron chi connectivity index (χ3n) is 2.51. The van der Waals surface area contributed by atoms with Gasteiger partial charge < -0.3 is 10.0 Å². The maximum atomic E-state index is 11.6. The number of nitrogens with zero attached hydrogens (tertiary/aromatic N) is 1. The van der Waals surface area contributed by atoms with Crippen LogP contribution in [0.4, 0.5) is 0 Å². The van der Waals surface area contributed by atoms with Gasteiger partial charge in [-0.1, -0.05) is 19.1 Å². The average molecular weight is 235 g/mol. The molecule has 0 saturated heterocycles. The quantitative estimate of drug-likeness (QED) is 0.850. The molecule has 0 aliphatic heterocycles. The summed E-state index contributed by atoms with van der Waals surface area (Å²) in [7, 11) is 1.75. The Morgan fingerprint density at radius 1 is 1.24 bits per heavy atom. The molecular weight excluding hydrogens is 218 g/mol. The molecule has 4 nitrogen and oxygen atoms in total. The Morgan fingerprint density at radius 3 is 2.29 bits per heavy atom. The summed E-state index contributed by atoms with van der Waals surface area (Å²) in [4.78, 5) is 23.9. The summed E-state index contributed by atoms with van der Waals surface area (Å²) >= 11 is 0. The van der Waals surface area contributed by atoms with E-state index in [9.17, 15) is 9.59 Å². The summed E-state index contributed by atoms with van der Waals surface area (Å²) in [6, 6.07) is 6.57. The van der Waals surface area contributed by atoms with E-state index in [4.69, 9.17) is 5.11 Å². The Balaban J connectivity index is 2.63. The Labute approximate surface area is 101 Å². The van der Waals surface area contributed by atoms with Gasteiger partial charge in [0.1, 0.15) is 0 Å². The van der Waals surface area contributed by atoms with Gasteiger partial charge in [0.05, 0.1) is 5.56 Å². The van der Waals surface area contributed by atoms with Gasteiger partial charge in [0, 0.05) is 20.0 Å². The average Bonchev–Trinajstić information content (AvgIpc) is 2.30. The van der Waals surface area contributed by atoms with E-state index in [1.54, 1.807) is 36.2 Å². The van der Waals surface area contributed by atoms with E-state index in [2.05, 4.69) is 0 Å². The number of carboxylic acid groups (broad SMARTS) is 1. The van der Waals surface area contributed by atoms with Crippen molar-refractivity contribution in [2.45, 2.75) is 26.3 Å². The van der Waals surface area contributed by atoms with Gasteiger partial charge in [-0.25, -0.2) is 4.79 Å². The van der Waals surface area contributed by atoms with E-state index in [-0.39, 0.29) is 11.5 Å². The molecular formula is C13H17NO3. The number of hydrogen-bond acceptors (Lipinski definition) is 2. The van der Waals surface area contributed by atoms with E-state index < -0.39 is 5.97 Å². The molecule has 0 aliphatic carbocycles. The van der Waals surface area contributed by atoms with Gasteiger partial charge in [0.2, 0.25) is 5.91 Å². The maximum absolute atomic E-state index is 11.6. The maximum Gasteiger partial charge on any atom is 0.335 e. The van der Waals surface area contributed by atoms with Gasteiger partial charge in [0.25, 0.3) is 0 Å². The second-order valence-electron chi connectivity index (χ2n) is 4.00. The Morgan fingerprint density at radius 2 is 1.82 bits per heavy atom. The first-order valence-electron chi connectivity index (χ1n) is 5.60. The molecule has 1 amide bonds. The van der Waals surface area contributed by atoms with Crippen LogP contribution in [0, 0.1) is 0 Å². The minimum Gasteiger partial charge on any atom is -0.478 e. The third kappa shape index (κ3) is 3.90. The van der Waals surface area contributed by atoms with Crippen LogP contribution in [0.3, 0.4) is 0 Å². The zero-order valence-electron chi connectivity index (χ0n) is 10.1. The van der Waals surface area contributed by atoms with Gasteiger partial charge in [-0.2, -0.15) is 0 Å². The first-order valence-corrected chi connectivity index (χ1v) is 5.60. The van der Waals surface area contributed by atoms with Crippen LogP contribution < -0.4 is 0 Å². The van der Waals surface area contributed by atoms with Crippen LogP contribution in [0.1, 0.15) is 35.7 Å². The molecule has 0 heterocycles. The molecule has 0 fully saturated rings. The molecule has 4 heteroatoms. The molecule has 17 heavy (non-hydrogen) atoms. The van der Waals surface area contributed by atoms with Gasteiger partial charge in [-0.3, -0.25) is 4.79 Å². The molecule has 0 aliphatic rings. The summed E-state index contributed by atoms with van der Waals surface area (Å²) in [5.41, 5.74) is 1.19. The van der Waals surface area contributed by atoms with Crippen LogP contribution in [0.5, 0.6) is 0 Å². The molecule has 0 aromatic heterocycles. The highest BCUT2D eigenvalue weighted by molar-refractivity contribution is 5.87. The number of carbonyl (C=O) groups is 2. The zero-order valence-corrected chi connectivity index (χ0v) is 10.1. The lowest BCUT2D eigenvalue weighted by Gasteiger charge is -2.16. The molecule has 0 atom stereocenters. The van der Waals surface area contributed by atoms with Crippen molar-refractivity contribution in [3.8, 4) is 0 Å². The van der Waals surface area contributed by atoms with Crippen molar-refractivity contribution in [1.29, 1.82) is 0 Å². The molecule has 1 aromatic carbocycles. The summed E-state index contributed by atoms with van der Waals surface area (Å²) in [5.74, 6) is -0.832. The molecule has 1 rings (SSSR count). The number of rotatable bonds is 5. The fourth-order valence-corrected chi connectivity index (χ4v) is 1.52. The molecule has 1 N–H and O–H groups in total. The largest absolute Gasteiger partial charge is 0.478 e. The summed E-state index contributed by atoms with van der Waals surface area (Å²) in [5, 5.41) is 8.75. The smallest absolute Gasteiger partial charge is 0.335 e.